The van der Waals surface area contributed by atoms with E-state index in [1.807, 2.05) is 11.8 Å². The first kappa shape index (κ1) is 12.8. The number of aromatic nitrogens is 1. The molecule has 0 amide bonds. The van der Waals surface area contributed by atoms with Gasteiger partial charge in [-0.15, -0.1) is 11.3 Å². The monoisotopic (exact) mass is 245 g/mol. The highest BCUT2D eigenvalue weighted by Gasteiger charge is 2.11. The van der Waals surface area contributed by atoms with Crippen LogP contribution in [-0.4, -0.2) is 30.6 Å². The van der Waals surface area contributed by atoms with E-state index in [-0.39, 0.29) is 0 Å². The molecule has 0 aliphatic heterocycles. The molecular weight excluding hydrogens is 226 g/mol. The SMILES string of the molecule is CCc1nc(N(C)CCSC)sc1CN. The molecule has 5 heteroatoms. The summed E-state index contributed by atoms with van der Waals surface area (Å²) < 4.78 is 0. The summed E-state index contributed by atoms with van der Waals surface area (Å²) in [6, 6.07) is 0. The average molecular weight is 245 g/mol. The number of thioether (sulfide) groups is 1. The van der Waals surface area contributed by atoms with Crippen molar-refractivity contribution < 1.29 is 0 Å². The number of thiazole rings is 1. The predicted molar refractivity (Wildman–Crippen MR) is 71.0 cm³/mol. The molecule has 2 N–H and O–H groups in total. The van der Waals surface area contributed by atoms with Crippen LogP contribution in [0.25, 0.3) is 0 Å². The van der Waals surface area contributed by atoms with Gasteiger partial charge < -0.3 is 10.6 Å². The molecule has 0 unspecified atom stereocenters. The van der Waals surface area contributed by atoms with Gasteiger partial charge >= 0.3 is 0 Å². The van der Waals surface area contributed by atoms with Crippen molar-refractivity contribution in [3.8, 4) is 0 Å². The van der Waals surface area contributed by atoms with E-state index in [1.165, 1.54) is 4.88 Å². The van der Waals surface area contributed by atoms with Crippen LogP contribution in [0.2, 0.25) is 0 Å². The molecule has 86 valence electrons. The van der Waals surface area contributed by atoms with Gasteiger partial charge in [-0.3, -0.25) is 0 Å². The normalized spacial score (nSPS) is 10.7. The van der Waals surface area contributed by atoms with Crippen LogP contribution in [0.1, 0.15) is 17.5 Å². The quantitative estimate of drug-likeness (QED) is 0.832. The second-order valence-electron chi connectivity index (χ2n) is 3.34. The van der Waals surface area contributed by atoms with Crippen molar-refractivity contribution >= 4 is 28.2 Å². The van der Waals surface area contributed by atoms with Crippen molar-refractivity contribution in [2.45, 2.75) is 19.9 Å². The van der Waals surface area contributed by atoms with Crippen LogP contribution in [-0.2, 0) is 13.0 Å². The number of anilines is 1. The summed E-state index contributed by atoms with van der Waals surface area (Å²) >= 11 is 3.58. The van der Waals surface area contributed by atoms with Crippen molar-refractivity contribution in [2.24, 2.45) is 5.73 Å². The molecule has 1 heterocycles. The lowest BCUT2D eigenvalue weighted by Crippen LogP contribution is -2.19. The second kappa shape index (κ2) is 6.35. The van der Waals surface area contributed by atoms with Gasteiger partial charge in [0.1, 0.15) is 0 Å². The fraction of sp³-hybridized carbons (Fsp3) is 0.700. The first-order valence-corrected chi connectivity index (χ1v) is 7.32. The highest BCUT2D eigenvalue weighted by atomic mass is 32.2. The lowest BCUT2D eigenvalue weighted by molar-refractivity contribution is 0.937. The Morgan fingerprint density at radius 3 is 2.73 bits per heavy atom. The second-order valence-corrected chi connectivity index (χ2v) is 5.39. The highest BCUT2D eigenvalue weighted by Crippen LogP contribution is 2.25. The van der Waals surface area contributed by atoms with Crippen LogP contribution in [0.4, 0.5) is 5.13 Å². The summed E-state index contributed by atoms with van der Waals surface area (Å²) in [5, 5.41) is 1.10. The number of hydrogen-bond donors (Lipinski definition) is 1. The van der Waals surface area contributed by atoms with Gasteiger partial charge in [0.25, 0.3) is 0 Å². The van der Waals surface area contributed by atoms with Crippen LogP contribution >= 0.6 is 23.1 Å². The molecule has 0 aliphatic carbocycles. The molecule has 1 rings (SSSR count). The maximum Gasteiger partial charge on any atom is 0.185 e. The molecule has 0 bridgehead atoms. The Morgan fingerprint density at radius 1 is 1.53 bits per heavy atom. The fourth-order valence-electron chi connectivity index (χ4n) is 1.29. The Kier molecular flexibility index (Phi) is 5.42. The Balaban J connectivity index is 2.72. The third kappa shape index (κ3) is 3.36. The van der Waals surface area contributed by atoms with E-state index in [9.17, 15) is 0 Å². The van der Waals surface area contributed by atoms with E-state index < -0.39 is 0 Å². The largest absolute Gasteiger partial charge is 0.350 e. The average Bonchev–Trinajstić information content (AvgIpc) is 2.68. The van der Waals surface area contributed by atoms with Gasteiger partial charge in [-0.05, 0) is 12.7 Å². The molecule has 1 aromatic heterocycles. The van der Waals surface area contributed by atoms with E-state index >= 15 is 0 Å². The van der Waals surface area contributed by atoms with Crippen LogP contribution in [0.15, 0.2) is 0 Å². The zero-order valence-electron chi connectivity index (χ0n) is 9.62. The molecule has 0 aliphatic rings. The molecule has 0 radical (unpaired) electrons. The Bertz CT molecular complexity index is 277. The van der Waals surface area contributed by atoms with Crippen LogP contribution in [0, 0.1) is 0 Å². The summed E-state index contributed by atoms with van der Waals surface area (Å²) in [6.07, 6.45) is 3.10. The zero-order chi connectivity index (χ0) is 11.3. The Labute approximate surface area is 100 Å². The smallest absolute Gasteiger partial charge is 0.185 e. The Hall–Kier alpha value is -0.260. The molecule has 3 nitrogen and oxygen atoms in total. The lowest BCUT2D eigenvalue weighted by Gasteiger charge is -2.14. The number of nitrogens with zero attached hydrogens (tertiary/aromatic N) is 2. The number of aryl methyl sites for hydroxylation is 1. The van der Waals surface area contributed by atoms with E-state index in [0.717, 1.165) is 29.5 Å². The van der Waals surface area contributed by atoms with Crippen LogP contribution in [0.5, 0.6) is 0 Å². The number of rotatable bonds is 6. The van der Waals surface area contributed by atoms with Crippen LogP contribution < -0.4 is 10.6 Å². The topological polar surface area (TPSA) is 42.2 Å². The van der Waals surface area contributed by atoms with E-state index in [0.29, 0.717) is 6.54 Å². The molecule has 0 saturated carbocycles. The summed E-state index contributed by atoms with van der Waals surface area (Å²) in [6.45, 7) is 3.78. The van der Waals surface area contributed by atoms with Gasteiger partial charge in [0, 0.05) is 30.8 Å². The predicted octanol–water partition coefficient (Wildman–Crippen LogP) is 1.96. The minimum absolute atomic E-state index is 0.608. The minimum atomic E-state index is 0.608. The van der Waals surface area contributed by atoms with E-state index in [2.05, 4.69) is 30.1 Å². The molecule has 15 heavy (non-hydrogen) atoms. The van der Waals surface area contributed by atoms with E-state index in [4.69, 9.17) is 5.73 Å². The third-order valence-corrected chi connectivity index (χ3v) is 4.07. The summed E-state index contributed by atoms with van der Waals surface area (Å²) in [7, 11) is 2.09. The summed E-state index contributed by atoms with van der Waals surface area (Å²) in [5.74, 6) is 1.13. The maximum atomic E-state index is 5.69. The van der Waals surface area contributed by atoms with Gasteiger partial charge in [-0.25, -0.2) is 4.98 Å². The van der Waals surface area contributed by atoms with Crippen molar-refractivity contribution in [1.29, 1.82) is 0 Å². The molecule has 0 fully saturated rings. The van der Waals surface area contributed by atoms with Gasteiger partial charge in [0.15, 0.2) is 5.13 Å². The molecule has 1 aromatic rings. The first-order valence-electron chi connectivity index (χ1n) is 5.11. The maximum absolute atomic E-state index is 5.69. The zero-order valence-corrected chi connectivity index (χ0v) is 11.2. The lowest BCUT2D eigenvalue weighted by atomic mass is 10.3. The number of hydrogen-bond acceptors (Lipinski definition) is 5. The molecule has 0 spiro atoms. The first-order chi connectivity index (χ1) is 7.22. The number of nitrogens with two attached hydrogens (primary N) is 1. The standard InChI is InChI=1S/C10H19N3S2/c1-4-8-9(7-11)15-10(12-8)13(2)5-6-14-3/h4-7,11H2,1-3H3. The van der Waals surface area contributed by atoms with Crippen molar-refractivity contribution in [1.82, 2.24) is 4.98 Å². The third-order valence-electron chi connectivity index (χ3n) is 2.24. The van der Waals surface area contributed by atoms with Gasteiger partial charge in [-0.2, -0.15) is 11.8 Å². The Morgan fingerprint density at radius 2 is 2.27 bits per heavy atom. The van der Waals surface area contributed by atoms with Crippen LogP contribution in [0.3, 0.4) is 0 Å². The molecular formula is C10H19N3S2. The summed E-state index contributed by atoms with van der Waals surface area (Å²) in [5.41, 5.74) is 6.85. The van der Waals surface area contributed by atoms with Gasteiger partial charge in [0.2, 0.25) is 0 Å². The minimum Gasteiger partial charge on any atom is -0.350 e. The van der Waals surface area contributed by atoms with E-state index in [1.54, 1.807) is 11.3 Å². The van der Waals surface area contributed by atoms with Gasteiger partial charge in [0.05, 0.1) is 5.69 Å². The van der Waals surface area contributed by atoms with Gasteiger partial charge in [-0.1, -0.05) is 6.92 Å². The molecule has 0 saturated heterocycles. The highest BCUT2D eigenvalue weighted by molar-refractivity contribution is 7.98. The van der Waals surface area contributed by atoms with Crippen molar-refractivity contribution in [3.63, 3.8) is 0 Å². The summed E-state index contributed by atoms with van der Waals surface area (Å²) in [4.78, 5) is 8.04. The fourth-order valence-corrected chi connectivity index (χ4v) is 2.76. The van der Waals surface area contributed by atoms with Crippen molar-refractivity contribution in [2.75, 3.05) is 30.5 Å². The van der Waals surface area contributed by atoms with Crippen molar-refractivity contribution in [3.05, 3.63) is 10.6 Å². The molecule has 0 aromatic carbocycles. The molecule has 0 atom stereocenters.